The third-order valence-corrected chi connectivity index (χ3v) is 4.51. The van der Waals surface area contributed by atoms with Gasteiger partial charge in [0.05, 0.1) is 36.5 Å². The number of esters is 1. The van der Waals surface area contributed by atoms with Crippen LogP contribution in [0.25, 0.3) is 0 Å². The Labute approximate surface area is 147 Å². The number of nitrogens with zero attached hydrogens (tertiary/aromatic N) is 3. The Balaban J connectivity index is 1.57. The van der Waals surface area contributed by atoms with Gasteiger partial charge in [0.25, 0.3) is 0 Å². The van der Waals surface area contributed by atoms with Crippen molar-refractivity contribution < 1.29 is 19.1 Å². The van der Waals surface area contributed by atoms with Gasteiger partial charge in [-0.2, -0.15) is 5.10 Å². The van der Waals surface area contributed by atoms with Crippen molar-refractivity contribution in [3.63, 3.8) is 0 Å². The molecule has 0 bridgehead atoms. The lowest BCUT2D eigenvalue weighted by Gasteiger charge is -2.13. The summed E-state index contributed by atoms with van der Waals surface area (Å²) in [7, 11) is 0. The minimum Gasteiger partial charge on any atom is -0.466 e. The number of ether oxygens (including phenoxy) is 1. The van der Waals surface area contributed by atoms with Crippen LogP contribution in [0.1, 0.15) is 19.0 Å². The van der Waals surface area contributed by atoms with Gasteiger partial charge in [0.2, 0.25) is 11.8 Å². The van der Waals surface area contributed by atoms with Crippen molar-refractivity contribution in [1.82, 2.24) is 15.2 Å². The van der Waals surface area contributed by atoms with Crippen molar-refractivity contribution in [1.29, 1.82) is 0 Å². The van der Waals surface area contributed by atoms with Crippen LogP contribution >= 0.6 is 11.3 Å². The molecule has 10 heteroatoms. The first-order valence-corrected chi connectivity index (χ1v) is 8.64. The number of hydrogen-bond acceptors (Lipinski definition) is 7. The average molecular weight is 363 g/mol. The van der Waals surface area contributed by atoms with E-state index in [9.17, 15) is 14.4 Å². The number of anilines is 2. The van der Waals surface area contributed by atoms with Gasteiger partial charge in [-0.25, -0.2) is 4.98 Å². The standard InChI is InChI=1S/C15H17N5O4S/c1-2-24-13(22)4-10-8-25-15(18-10)19-14(23)9-3-12(21)20(7-9)11-5-16-17-6-11/h5-6,8-9H,2-4,7H2,1H3,(H,16,17)(H,18,19,23)/t9-/m1/s1. The molecule has 2 N–H and O–H groups in total. The average Bonchev–Trinajstić information content (AvgIpc) is 3.28. The predicted molar refractivity (Wildman–Crippen MR) is 90.1 cm³/mol. The molecule has 1 saturated heterocycles. The van der Waals surface area contributed by atoms with Crippen molar-refractivity contribution in [2.24, 2.45) is 5.92 Å². The van der Waals surface area contributed by atoms with Crippen LogP contribution in [0.15, 0.2) is 17.8 Å². The molecule has 3 rings (SSSR count). The molecule has 2 aromatic rings. The second-order valence-corrected chi connectivity index (χ2v) is 6.34. The molecule has 1 aliphatic heterocycles. The minimum atomic E-state index is -0.459. The summed E-state index contributed by atoms with van der Waals surface area (Å²) in [6.45, 7) is 2.35. The van der Waals surface area contributed by atoms with E-state index in [4.69, 9.17) is 4.74 Å². The van der Waals surface area contributed by atoms with Gasteiger partial charge in [-0.05, 0) is 6.92 Å². The molecule has 1 fully saturated rings. The van der Waals surface area contributed by atoms with Crippen LogP contribution in [0.5, 0.6) is 0 Å². The van der Waals surface area contributed by atoms with Crippen molar-refractivity contribution in [3.8, 4) is 0 Å². The number of rotatable bonds is 6. The summed E-state index contributed by atoms with van der Waals surface area (Å²) in [4.78, 5) is 41.6. The molecule has 132 valence electrons. The summed E-state index contributed by atoms with van der Waals surface area (Å²) >= 11 is 1.23. The van der Waals surface area contributed by atoms with Gasteiger partial charge in [0.15, 0.2) is 5.13 Å². The number of aromatic amines is 1. The van der Waals surface area contributed by atoms with E-state index in [2.05, 4.69) is 20.5 Å². The Morgan fingerprint density at radius 2 is 2.36 bits per heavy atom. The van der Waals surface area contributed by atoms with Gasteiger partial charge in [-0.1, -0.05) is 0 Å². The summed E-state index contributed by atoms with van der Waals surface area (Å²) < 4.78 is 4.86. The van der Waals surface area contributed by atoms with E-state index < -0.39 is 5.92 Å². The van der Waals surface area contributed by atoms with E-state index in [0.29, 0.717) is 29.7 Å². The molecule has 1 aliphatic rings. The van der Waals surface area contributed by atoms with Crippen LogP contribution < -0.4 is 10.2 Å². The quantitative estimate of drug-likeness (QED) is 0.738. The van der Waals surface area contributed by atoms with Gasteiger partial charge in [0, 0.05) is 24.5 Å². The van der Waals surface area contributed by atoms with Crippen LogP contribution in [0, 0.1) is 5.92 Å². The van der Waals surface area contributed by atoms with Crippen LogP contribution in [0.4, 0.5) is 10.8 Å². The van der Waals surface area contributed by atoms with Crippen LogP contribution in [-0.2, 0) is 25.5 Å². The smallest absolute Gasteiger partial charge is 0.311 e. The Kier molecular flexibility index (Phi) is 5.08. The highest BCUT2D eigenvalue weighted by molar-refractivity contribution is 7.13. The largest absolute Gasteiger partial charge is 0.466 e. The molecule has 25 heavy (non-hydrogen) atoms. The Bertz CT molecular complexity index is 773. The van der Waals surface area contributed by atoms with Crippen molar-refractivity contribution in [2.45, 2.75) is 19.8 Å². The lowest BCUT2D eigenvalue weighted by molar-refractivity contribution is -0.142. The fourth-order valence-corrected chi connectivity index (χ4v) is 3.25. The molecule has 9 nitrogen and oxygen atoms in total. The molecule has 0 saturated carbocycles. The number of amides is 2. The third-order valence-electron chi connectivity index (χ3n) is 3.70. The van der Waals surface area contributed by atoms with E-state index in [-0.39, 0.29) is 30.6 Å². The molecular formula is C15H17N5O4S. The van der Waals surface area contributed by atoms with E-state index >= 15 is 0 Å². The van der Waals surface area contributed by atoms with E-state index in [1.54, 1.807) is 24.7 Å². The lowest BCUT2D eigenvalue weighted by atomic mass is 10.1. The van der Waals surface area contributed by atoms with Gasteiger partial charge < -0.3 is 15.0 Å². The topological polar surface area (TPSA) is 117 Å². The van der Waals surface area contributed by atoms with E-state index in [0.717, 1.165) is 0 Å². The number of carbonyl (C=O) groups is 3. The summed E-state index contributed by atoms with van der Waals surface area (Å²) in [5.41, 5.74) is 1.19. The van der Waals surface area contributed by atoms with Crippen LogP contribution in [0.3, 0.4) is 0 Å². The summed E-state index contributed by atoms with van der Waals surface area (Å²) in [5.74, 6) is -1.21. The fraction of sp³-hybridized carbons (Fsp3) is 0.400. The highest BCUT2D eigenvalue weighted by Crippen LogP contribution is 2.25. The Morgan fingerprint density at radius 3 is 3.08 bits per heavy atom. The van der Waals surface area contributed by atoms with Gasteiger partial charge in [-0.15, -0.1) is 11.3 Å². The first-order chi connectivity index (χ1) is 12.1. The zero-order valence-corrected chi connectivity index (χ0v) is 14.3. The number of nitrogens with one attached hydrogen (secondary N) is 2. The maximum atomic E-state index is 12.4. The number of H-pyrrole nitrogens is 1. The van der Waals surface area contributed by atoms with Gasteiger partial charge >= 0.3 is 5.97 Å². The summed E-state index contributed by atoms with van der Waals surface area (Å²) in [6, 6.07) is 0. The first kappa shape index (κ1) is 17.1. The monoisotopic (exact) mass is 363 g/mol. The highest BCUT2D eigenvalue weighted by Gasteiger charge is 2.35. The van der Waals surface area contributed by atoms with Crippen molar-refractivity contribution in [2.75, 3.05) is 23.4 Å². The highest BCUT2D eigenvalue weighted by atomic mass is 32.1. The molecule has 1 atom stereocenters. The molecular weight excluding hydrogens is 346 g/mol. The minimum absolute atomic E-state index is 0.0659. The van der Waals surface area contributed by atoms with E-state index in [1.807, 2.05) is 0 Å². The summed E-state index contributed by atoms with van der Waals surface area (Å²) in [6.07, 6.45) is 3.36. The molecule has 0 radical (unpaired) electrons. The molecule has 2 amide bonds. The van der Waals surface area contributed by atoms with Crippen molar-refractivity contribution >= 4 is 39.9 Å². The maximum absolute atomic E-state index is 12.4. The Hall–Kier alpha value is -2.75. The number of aromatic nitrogens is 3. The zero-order chi connectivity index (χ0) is 17.8. The molecule has 0 aliphatic carbocycles. The fourth-order valence-electron chi connectivity index (χ4n) is 2.54. The number of thiazole rings is 1. The van der Waals surface area contributed by atoms with E-state index in [1.165, 1.54) is 16.2 Å². The zero-order valence-electron chi connectivity index (χ0n) is 13.5. The maximum Gasteiger partial charge on any atom is 0.311 e. The molecule has 0 unspecified atom stereocenters. The predicted octanol–water partition coefficient (Wildman–Crippen LogP) is 0.963. The second-order valence-electron chi connectivity index (χ2n) is 5.48. The molecule has 3 heterocycles. The first-order valence-electron chi connectivity index (χ1n) is 7.77. The molecule has 0 aromatic carbocycles. The normalized spacial score (nSPS) is 16.9. The Morgan fingerprint density at radius 1 is 1.52 bits per heavy atom. The molecule has 0 spiro atoms. The number of hydrogen-bond donors (Lipinski definition) is 2. The van der Waals surface area contributed by atoms with Gasteiger partial charge in [-0.3, -0.25) is 19.5 Å². The summed E-state index contributed by atoms with van der Waals surface area (Å²) in [5, 5.41) is 11.3. The number of carbonyl (C=O) groups excluding carboxylic acids is 3. The van der Waals surface area contributed by atoms with Crippen molar-refractivity contribution in [3.05, 3.63) is 23.5 Å². The molecule has 2 aromatic heterocycles. The van der Waals surface area contributed by atoms with Crippen LogP contribution in [-0.4, -0.2) is 46.1 Å². The SMILES string of the molecule is CCOC(=O)Cc1csc(NC(=O)[C@@H]2CC(=O)N(c3cn[nH]c3)C2)n1. The second kappa shape index (κ2) is 7.43. The van der Waals surface area contributed by atoms with Crippen LogP contribution in [0.2, 0.25) is 0 Å². The third kappa shape index (κ3) is 4.02. The van der Waals surface area contributed by atoms with Gasteiger partial charge in [0.1, 0.15) is 0 Å². The lowest BCUT2D eigenvalue weighted by Crippen LogP contribution is -2.27.